The Morgan fingerprint density at radius 3 is 2.58 bits per heavy atom. The topological polar surface area (TPSA) is 89.3 Å². The van der Waals surface area contributed by atoms with Crippen molar-refractivity contribution in [1.82, 2.24) is 19.9 Å². The zero-order chi connectivity index (χ0) is 24.2. The molecular weight excluding hydrogens is 476 g/mol. The number of halogens is 1. The number of nitrogens with zero attached hydrogens (tertiary/aromatic N) is 3. The molecule has 186 valence electrons. The van der Waals surface area contributed by atoms with E-state index in [1.54, 1.807) is 0 Å². The first-order valence-electron chi connectivity index (χ1n) is 12.8. The number of nitrogens with one attached hydrogen (secondary N) is 3. The van der Waals surface area contributed by atoms with E-state index in [9.17, 15) is 4.79 Å². The van der Waals surface area contributed by atoms with Crippen LogP contribution in [0.15, 0.2) is 41.2 Å². The molecule has 4 aliphatic heterocycles. The minimum absolute atomic E-state index is 0.166. The Morgan fingerprint density at radius 2 is 1.83 bits per heavy atom. The second-order valence-electron chi connectivity index (χ2n) is 10.1. The van der Waals surface area contributed by atoms with Crippen LogP contribution in [0.4, 0.5) is 11.4 Å². The number of hydrogen-bond acceptors (Lipinski definition) is 6. The lowest BCUT2D eigenvalue weighted by atomic mass is 9.83. The van der Waals surface area contributed by atoms with Crippen LogP contribution in [0.1, 0.15) is 12.8 Å². The van der Waals surface area contributed by atoms with Crippen molar-refractivity contribution in [2.24, 2.45) is 5.92 Å². The lowest BCUT2D eigenvalue weighted by Gasteiger charge is -2.45. The highest BCUT2D eigenvalue weighted by atomic mass is 35.5. The highest BCUT2D eigenvalue weighted by molar-refractivity contribution is 6.34. The molecule has 4 aliphatic rings. The zero-order valence-electron chi connectivity index (χ0n) is 20.0. The summed E-state index contributed by atoms with van der Waals surface area (Å²) in [5, 5.41) is 5.40. The van der Waals surface area contributed by atoms with E-state index in [-0.39, 0.29) is 11.6 Å². The third-order valence-corrected chi connectivity index (χ3v) is 8.35. The van der Waals surface area contributed by atoms with Crippen molar-refractivity contribution in [1.29, 1.82) is 0 Å². The number of anilines is 2. The van der Waals surface area contributed by atoms with E-state index in [0.717, 1.165) is 66.0 Å². The van der Waals surface area contributed by atoms with Gasteiger partial charge >= 0.3 is 0 Å². The number of ether oxygens (including phenoxy) is 1. The SMILES string of the molecule is O=c1[nH]c2cc(N3CCOCC3)c(Cl)cc2c(NC2CN3CCC2CC3)c1-c1nc2ccccc2[nH]1. The van der Waals surface area contributed by atoms with Crippen LogP contribution in [-0.4, -0.2) is 71.8 Å². The molecule has 0 amide bonds. The van der Waals surface area contributed by atoms with E-state index in [1.165, 1.54) is 12.8 Å². The van der Waals surface area contributed by atoms with Gasteiger partial charge in [0.25, 0.3) is 5.56 Å². The van der Waals surface area contributed by atoms with Crippen LogP contribution in [0.3, 0.4) is 0 Å². The fourth-order valence-corrected chi connectivity index (χ4v) is 6.40. The third-order valence-electron chi connectivity index (χ3n) is 8.05. The van der Waals surface area contributed by atoms with E-state index in [0.29, 0.717) is 35.5 Å². The van der Waals surface area contributed by atoms with Crippen molar-refractivity contribution in [3.8, 4) is 11.4 Å². The number of piperidine rings is 3. The Bertz CT molecular complexity index is 1470. The first-order chi connectivity index (χ1) is 17.6. The smallest absolute Gasteiger partial charge is 0.261 e. The van der Waals surface area contributed by atoms with E-state index >= 15 is 0 Å². The maximum Gasteiger partial charge on any atom is 0.261 e. The van der Waals surface area contributed by atoms with Crippen molar-refractivity contribution < 1.29 is 4.74 Å². The van der Waals surface area contributed by atoms with E-state index in [4.69, 9.17) is 21.3 Å². The average Bonchev–Trinajstić information content (AvgIpc) is 3.34. The van der Waals surface area contributed by atoms with Gasteiger partial charge in [-0.1, -0.05) is 23.7 Å². The number of aromatic amines is 2. The fraction of sp³-hybridized carbons (Fsp3) is 0.407. The molecule has 0 spiro atoms. The molecule has 4 fully saturated rings. The molecular formula is C27H29ClN6O2. The number of hydrogen-bond donors (Lipinski definition) is 3. The maximum absolute atomic E-state index is 13.7. The molecule has 6 heterocycles. The number of para-hydroxylation sites is 2. The normalized spacial score (nSPS) is 24.0. The minimum Gasteiger partial charge on any atom is -0.379 e. The summed E-state index contributed by atoms with van der Waals surface area (Å²) in [6, 6.07) is 12.1. The molecule has 2 aromatic heterocycles. The Balaban J connectivity index is 1.41. The first-order valence-corrected chi connectivity index (χ1v) is 13.2. The Labute approximate surface area is 213 Å². The van der Waals surface area contributed by atoms with Gasteiger partial charge in [0.1, 0.15) is 11.4 Å². The second kappa shape index (κ2) is 8.80. The monoisotopic (exact) mass is 504 g/mol. The number of rotatable bonds is 4. The van der Waals surface area contributed by atoms with Crippen molar-refractivity contribution in [3.05, 3.63) is 51.8 Å². The van der Waals surface area contributed by atoms with Gasteiger partial charge in [-0.3, -0.25) is 4.79 Å². The molecule has 0 radical (unpaired) electrons. The quantitative estimate of drug-likeness (QED) is 0.388. The van der Waals surface area contributed by atoms with Gasteiger partial charge in [-0.15, -0.1) is 0 Å². The molecule has 8 nitrogen and oxygen atoms in total. The molecule has 2 aromatic carbocycles. The predicted octanol–water partition coefficient (Wildman–Crippen LogP) is 4.07. The summed E-state index contributed by atoms with van der Waals surface area (Å²) < 4.78 is 5.52. The largest absolute Gasteiger partial charge is 0.379 e. The average molecular weight is 505 g/mol. The molecule has 4 saturated heterocycles. The number of H-pyrrole nitrogens is 2. The molecule has 36 heavy (non-hydrogen) atoms. The summed E-state index contributed by atoms with van der Waals surface area (Å²) in [5.74, 6) is 1.16. The molecule has 3 N–H and O–H groups in total. The predicted molar refractivity (Wildman–Crippen MR) is 144 cm³/mol. The number of aromatic nitrogens is 3. The van der Waals surface area contributed by atoms with Gasteiger partial charge in [0.15, 0.2) is 0 Å². The number of fused-ring (bicyclic) bond motifs is 5. The van der Waals surface area contributed by atoms with Crippen LogP contribution in [0.2, 0.25) is 5.02 Å². The van der Waals surface area contributed by atoms with Gasteiger partial charge in [-0.2, -0.15) is 0 Å². The second-order valence-corrected chi connectivity index (χ2v) is 10.6. The summed E-state index contributed by atoms with van der Waals surface area (Å²) in [6.45, 7) is 6.19. The Kier molecular flexibility index (Phi) is 5.41. The van der Waals surface area contributed by atoms with Crippen LogP contribution in [0.5, 0.6) is 0 Å². The minimum atomic E-state index is -0.166. The molecule has 8 rings (SSSR count). The maximum atomic E-state index is 13.7. The van der Waals surface area contributed by atoms with Gasteiger partial charge in [-0.25, -0.2) is 4.98 Å². The van der Waals surface area contributed by atoms with Gasteiger partial charge in [-0.05, 0) is 56.1 Å². The Hall–Kier alpha value is -3.07. The molecule has 0 saturated carbocycles. The lowest BCUT2D eigenvalue weighted by molar-refractivity contribution is 0.0976. The number of morpholine rings is 1. The summed E-state index contributed by atoms with van der Waals surface area (Å²) in [7, 11) is 0. The van der Waals surface area contributed by atoms with Crippen molar-refractivity contribution >= 4 is 44.9 Å². The first kappa shape index (κ1) is 22.2. The van der Waals surface area contributed by atoms with Gasteiger partial charge < -0.3 is 29.8 Å². The van der Waals surface area contributed by atoms with Crippen LogP contribution < -0.4 is 15.8 Å². The summed E-state index contributed by atoms with van der Waals surface area (Å²) in [6.07, 6.45) is 2.36. The lowest BCUT2D eigenvalue weighted by Crippen LogP contribution is -2.53. The standard InChI is InChI=1S/C27H29ClN6O2/c28-18-13-17-21(14-23(18)34-9-11-36-12-10-34)32-27(35)24(26-30-19-3-1-2-4-20(19)31-26)25(17)29-22-15-33-7-5-16(22)6-8-33/h1-4,13-14,16,22H,5-12,15H2,(H,30,31)(H2,29,32,35). The van der Waals surface area contributed by atoms with Crippen LogP contribution >= 0.6 is 11.6 Å². The highest BCUT2D eigenvalue weighted by Crippen LogP contribution is 2.39. The third kappa shape index (κ3) is 3.75. The van der Waals surface area contributed by atoms with E-state index in [2.05, 4.69) is 25.1 Å². The summed E-state index contributed by atoms with van der Waals surface area (Å²) >= 11 is 6.88. The van der Waals surface area contributed by atoms with Crippen LogP contribution in [-0.2, 0) is 4.74 Å². The fourth-order valence-electron chi connectivity index (χ4n) is 6.11. The van der Waals surface area contributed by atoms with Gasteiger partial charge in [0.2, 0.25) is 0 Å². The van der Waals surface area contributed by atoms with Gasteiger partial charge in [0.05, 0.1) is 46.2 Å². The summed E-state index contributed by atoms with van der Waals surface area (Å²) in [4.78, 5) is 29.7. The Morgan fingerprint density at radius 1 is 1.03 bits per heavy atom. The molecule has 1 unspecified atom stereocenters. The van der Waals surface area contributed by atoms with Crippen LogP contribution in [0.25, 0.3) is 33.3 Å². The molecule has 4 aromatic rings. The van der Waals surface area contributed by atoms with Gasteiger partial charge in [0, 0.05) is 31.1 Å². The van der Waals surface area contributed by atoms with Crippen molar-refractivity contribution in [2.45, 2.75) is 18.9 Å². The molecule has 0 aliphatic carbocycles. The van der Waals surface area contributed by atoms with E-state index < -0.39 is 0 Å². The highest BCUT2D eigenvalue weighted by Gasteiger charge is 2.35. The number of pyridine rings is 1. The number of imidazole rings is 1. The van der Waals surface area contributed by atoms with Crippen molar-refractivity contribution in [2.75, 3.05) is 56.2 Å². The zero-order valence-corrected chi connectivity index (χ0v) is 20.8. The van der Waals surface area contributed by atoms with Crippen LogP contribution in [0, 0.1) is 5.92 Å². The summed E-state index contributed by atoms with van der Waals surface area (Å²) in [5.41, 5.74) is 4.61. The van der Waals surface area contributed by atoms with Crippen molar-refractivity contribution in [3.63, 3.8) is 0 Å². The molecule has 1 atom stereocenters. The molecule has 9 heteroatoms. The molecule has 2 bridgehead atoms. The number of benzene rings is 2. The van der Waals surface area contributed by atoms with E-state index in [1.807, 2.05) is 36.4 Å².